The zero-order valence-corrected chi connectivity index (χ0v) is 15.8. The molecule has 3 rings (SSSR count). The van der Waals surface area contributed by atoms with Gasteiger partial charge in [0.2, 0.25) is 5.91 Å². The van der Waals surface area contributed by atoms with Gasteiger partial charge in [-0.1, -0.05) is 61.5 Å². The van der Waals surface area contributed by atoms with E-state index >= 15 is 0 Å². The Bertz CT molecular complexity index is 673. The smallest absolute Gasteiger partial charge is 0.223 e. The van der Waals surface area contributed by atoms with Gasteiger partial charge >= 0.3 is 0 Å². The van der Waals surface area contributed by atoms with E-state index in [-0.39, 0.29) is 11.8 Å². The molecule has 0 aliphatic carbocycles. The number of hydrogen-bond acceptors (Lipinski definition) is 2. The Kier molecular flexibility index (Phi) is 6.84. The molecule has 1 N–H and O–H groups in total. The van der Waals surface area contributed by atoms with E-state index in [1.165, 1.54) is 16.7 Å². The molecule has 1 aliphatic heterocycles. The summed E-state index contributed by atoms with van der Waals surface area (Å²) in [6.45, 7) is 5.92. The lowest BCUT2D eigenvalue weighted by Crippen LogP contribution is -2.40. The Labute approximate surface area is 157 Å². The highest BCUT2D eigenvalue weighted by Gasteiger charge is 2.24. The van der Waals surface area contributed by atoms with E-state index in [1.807, 2.05) is 18.2 Å². The minimum absolute atomic E-state index is 0.171. The van der Waals surface area contributed by atoms with Gasteiger partial charge in [0, 0.05) is 19.0 Å². The molecular formula is C23H30N2O. The Hall–Kier alpha value is -2.13. The first-order valence-electron chi connectivity index (χ1n) is 9.86. The quantitative estimate of drug-likeness (QED) is 0.823. The number of benzene rings is 2. The molecule has 0 spiro atoms. The van der Waals surface area contributed by atoms with Gasteiger partial charge in [-0.3, -0.25) is 9.69 Å². The fourth-order valence-electron chi connectivity index (χ4n) is 3.61. The average Bonchev–Trinajstić information content (AvgIpc) is 2.70. The van der Waals surface area contributed by atoms with Crippen LogP contribution >= 0.6 is 0 Å². The number of likely N-dealkylation sites (tertiary alicyclic amines) is 1. The first kappa shape index (κ1) is 18.7. The summed E-state index contributed by atoms with van der Waals surface area (Å²) in [6, 6.07) is 19.3. The summed E-state index contributed by atoms with van der Waals surface area (Å²) in [7, 11) is 0. The molecule has 3 nitrogen and oxygen atoms in total. The molecule has 1 heterocycles. The second kappa shape index (κ2) is 9.54. The van der Waals surface area contributed by atoms with Crippen LogP contribution in [0.4, 0.5) is 0 Å². The van der Waals surface area contributed by atoms with Crippen molar-refractivity contribution in [2.45, 2.75) is 39.2 Å². The van der Waals surface area contributed by atoms with E-state index in [0.29, 0.717) is 0 Å². The minimum Gasteiger partial charge on any atom is -0.356 e. The van der Waals surface area contributed by atoms with Crippen LogP contribution in [0.2, 0.25) is 0 Å². The average molecular weight is 351 g/mol. The van der Waals surface area contributed by atoms with Gasteiger partial charge in [0.05, 0.1) is 0 Å². The molecule has 0 unspecified atom stereocenters. The third-order valence-corrected chi connectivity index (χ3v) is 5.35. The predicted molar refractivity (Wildman–Crippen MR) is 107 cm³/mol. The second-order valence-corrected chi connectivity index (χ2v) is 7.25. The molecule has 0 atom stereocenters. The van der Waals surface area contributed by atoms with Gasteiger partial charge in [-0.05, 0) is 55.5 Å². The van der Waals surface area contributed by atoms with Crippen LogP contribution in [0, 0.1) is 5.92 Å². The molecule has 1 aliphatic rings. The van der Waals surface area contributed by atoms with Crippen LogP contribution in [0.1, 0.15) is 36.5 Å². The van der Waals surface area contributed by atoms with Crippen LogP contribution in [0.15, 0.2) is 54.6 Å². The highest BCUT2D eigenvalue weighted by Crippen LogP contribution is 2.19. The van der Waals surface area contributed by atoms with Crippen molar-refractivity contribution in [2.24, 2.45) is 5.92 Å². The Morgan fingerprint density at radius 1 is 0.962 bits per heavy atom. The third kappa shape index (κ3) is 5.43. The standard InChI is InChI=1S/C23H30N2O/c1-2-19-8-10-21(11-9-19)18-25-16-13-22(14-17-25)23(26)24-15-12-20-6-4-3-5-7-20/h3-11,22H,2,12-18H2,1H3,(H,24,26). The van der Waals surface area contributed by atoms with Gasteiger partial charge < -0.3 is 5.32 Å². The highest BCUT2D eigenvalue weighted by molar-refractivity contribution is 5.78. The number of amides is 1. The SMILES string of the molecule is CCc1ccc(CN2CCC(C(=O)NCCc3ccccc3)CC2)cc1. The lowest BCUT2D eigenvalue weighted by molar-refractivity contribution is -0.126. The maximum atomic E-state index is 12.4. The van der Waals surface area contributed by atoms with E-state index < -0.39 is 0 Å². The Morgan fingerprint density at radius 3 is 2.27 bits per heavy atom. The van der Waals surface area contributed by atoms with Crippen molar-refractivity contribution >= 4 is 5.91 Å². The summed E-state index contributed by atoms with van der Waals surface area (Å²) >= 11 is 0. The van der Waals surface area contributed by atoms with Crippen molar-refractivity contribution in [3.8, 4) is 0 Å². The van der Waals surface area contributed by atoms with Crippen molar-refractivity contribution < 1.29 is 4.79 Å². The monoisotopic (exact) mass is 350 g/mol. The molecule has 0 bridgehead atoms. The zero-order valence-electron chi connectivity index (χ0n) is 15.8. The number of carbonyl (C=O) groups is 1. The topological polar surface area (TPSA) is 32.3 Å². The molecule has 0 radical (unpaired) electrons. The first-order chi connectivity index (χ1) is 12.7. The molecule has 0 saturated carbocycles. The fraction of sp³-hybridized carbons (Fsp3) is 0.435. The molecule has 3 heteroatoms. The normalized spacial score (nSPS) is 15.7. The molecule has 1 fully saturated rings. The van der Waals surface area contributed by atoms with Gasteiger partial charge in [0.15, 0.2) is 0 Å². The van der Waals surface area contributed by atoms with E-state index in [2.05, 4.69) is 53.5 Å². The summed E-state index contributed by atoms with van der Waals surface area (Å²) in [5, 5.41) is 3.12. The lowest BCUT2D eigenvalue weighted by atomic mass is 9.95. The van der Waals surface area contributed by atoms with Gasteiger partial charge in [-0.25, -0.2) is 0 Å². The minimum atomic E-state index is 0.171. The van der Waals surface area contributed by atoms with E-state index in [0.717, 1.165) is 51.9 Å². The molecular weight excluding hydrogens is 320 g/mol. The van der Waals surface area contributed by atoms with Crippen LogP contribution in [-0.4, -0.2) is 30.4 Å². The van der Waals surface area contributed by atoms with Crippen LogP contribution in [-0.2, 0) is 24.2 Å². The van der Waals surface area contributed by atoms with Gasteiger partial charge in [-0.15, -0.1) is 0 Å². The Morgan fingerprint density at radius 2 is 1.62 bits per heavy atom. The molecule has 1 amide bonds. The van der Waals surface area contributed by atoms with Gasteiger partial charge in [-0.2, -0.15) is 0 Å². The molecule has 2 aromatic carbocycles. The van der Waals surface area contributed by atoms with Crippen LogP contribution in [0.3, 0.4) is 0 Å². The molecule has 26 heavy (non-hydrogen) atoms. The van der Waals surface area contributed by atoms with E-state index in [9.17, 15) is 4.79 Å². The van der Waals surface area contributed by atoms with Gasteiger partial charge in [0.1, 0.15) is 0 Å². The predicted octanol–water partition coefficient (Wildman–Crippen LogP) is 3.82. The summed E-state index contributed by atoms with van der Waals surface area (Å²) in [5.41, 5.74) is 4.03. The summed E-state index contributed by atoms with van der Waals surface area (Å²) < 4.78 is 0. The number of carbonyl (C=O) groups excluding carboxylic acids is 1. The molecule has 2 aromatic rings. The second-order valence-electron chi connectivity index (χ2n) is 7.25. The van der Waals surface area contributed by atoms with Crippen molar-refractivity contribution in [2.75, 3.05) is 19.6 Å². The Balaban J connectivity index is 1.37. The van der Waals surface area contributed by atoms with E-state index in [1.54, 1.807) is 0 Å². The first-order valence-corrected chi connectivity index (χ1v) is 9.86. The number of aryl methyl sites for hydroxylation is 1. The van der Waals surface area contributed by atoms with Crippen LogP contribution in [0.5, 0.6) is 0 Å². The lowest BCUT2D eigenvalue weighted by Gasteiger charge is -2.31. The zero-order chi connectivity index (χ0) is 18.2. The summed E-state index contributed by atoms with van der Waals surface area (Å²) in [6.07, 6.45) is 3.92. The summed E-state index contributed by atoms with van der Waals surface area (Å²) in [5.74, 6) is 0.400. The largest absolute Gasteiger partial charge is 0.356 e. The number of nitrogens with one attached hydrogen (secondary N) is 1. The van der Waals surface area contributed by atoms with Crippen molar-refractivity contribution in [3.63, 3.8) is 0 Å². The third-order valence-electron chi connectivity index (χ3n) is 5.35. The molecule has 138 valence electrons. The van der Waals surface area contributed by atoms with Crippen LogP contribution < -0.4 is 5.32 Å². The number of hydrogen-bond donors (Lipinski definition) is 1. The maximum absolute atomic E-state index is 12.4. The van der Waals surface area contributed by atoms with E-state index in [4.69, 9.17) is 0 Å². The van der Waals surface area contributed by atoms with Gasteiger partial charge in [0.25, 0.3) is 0 Å². The number of nitrogens with zero attached hydrogens (tertiary/aromatic N) is 1. The molecule has 0 aromatic heterocycles. The fourth-order valence-corrected chi connectivity index (χ4v) is 3.61. The maximum Gasteiger partial charge on any atom is 0.223 e. The highest BCUT2D eigenvalue weighted by atomic mass is 16.1. The number of piperidine rings is 1. The number of rotatable bonds is 7. The molecule has 1 saturated heterocycles. The van der Waals surface area contributed by atoms with Crippen molar-refractivity contribution in [3.05, 3.63) is 71.3 Å². The van der Waals surface area contributed by atoms with Crippen LogP contribution in [0.25, 0.3) is 0 Å². The summed E-state index contributed by atoms with van der Waals surface area (Å²) in [4.78, 5) is 14.9. The van der Waals surface area contributed by atoms with Crippen molar-refractivity contribution in [1.82, 2.24) is 10.2 Å². The van der Waals surface area contributed by atoms with Crippen molar-refractivity contribution in [1.29, 1.82) is 0 Å².